The summed E-state index contributed by atoms with van der Waals surface area (Å²) >= 11 is 0. The Labute approximate surface area is 143 Å². The number of carbonyl (C=O) groups is 1. The smallest absolute Gasteiger partial charge is 0.225 e. The molecule has 2 saturated heterocycles. The Hall–Kier alpha value is -1.42. The van der Waals surface area contributed by atoms with Crippen LogP contribution in [0.25, 0.3) is 0 Å². The molecule has 24 heavy (non-hydrogen) atoms. The molecule has 0 aromatic heterocycles. The second kappa shape index (κ2) is 6.83. The van der Waals surface area contributed by atoms with Gasteiger partial charge in [-0.05, 0) is 55.8 Å². The van der Waals surface area contributed by atoms with Crippen LogP contribution in [-0.4, -0.2) is 41.4 Å². The number of hydrogen-bond donors (Lipinski definition) is 0. The lowest BCUT2D eigenvalue weighted by atomic mass is 9.84. The van der Waals surface area contributed by atoms with Gasteiger partial charge in [0.2, 0.25) is 5.91 Å². The molecule has 2 atom stereocenters. The minimum Gasteiger partial charge on any atom is -0.341 e. The average molecular weight is 330 g/mol. The van der Waals surface area contributed by atoms with Gasteiger partial charge in [-0.3, -0.25) is 9.69 Å². The van der Waals surface area contributed by atoms with E-state index in [1.54, 1.807) is 12.1 Å². The maximum Gasteiger partial charge on any atom is 0.225 e. The van der Waals surface area contributed by atoms with Crippen molar-refractivity contribution in [2.45, 2.75) is 51.1 Å². The van der Waals surface area contributed by atoms with Gasteiger partial charge in [0, 0.05) is 31.6 Å². The van der Waals surface area contributed by atoms with Crippen LogP contribution in [0, 0.1) is 17.7 Å². The highest BCUT2D eigenvalue weighted by Gasteiger charge is 2.41. The number of hydrogen-bond acceptors (Lipinski definition) is 2. The lowest BCUT2D eigenvalue weighted by Crippen LogP contribution is -2.42. The van der Waals surface area contributed by atoms with E-state index < -0.39 is 0 Å². The Kier molecular flexibility index (Phi) is 4.57. The van der Waals surface area contributed by atoms with Crippen LogP contribution < -0.4 is 0 Å². The molecule has 0 N–H and O–H groups in total. The van der Waals surface area contributed by atoms with Crippen molar-refractivity contribution in [1.82, 2.24) is 9.80 Å². The number of benzene rings is 1. The molecule has 1 aliphatic carbocycles. The number of likely N-dealkylation sites (tertiary alicyclic amines) is 2. The molecule has 2 heterocycles. The largest absolute Gasteiger partial charge is 0.341 e. The fourth-order valence-electron chi connectivity index (χ4n) is 4.60. The van der Waals surface area contributed by atoms with Gasteiger partial charge in [-0.15, -0.1) is 0 Å². The van der Waals surface area contributed by atoms with Crippen molar-refractivity contribution in [2.75, 3.05) is 19.6 Å². The number of carbonyl (C=O) groups excluding carboxylic acids is 1. The van der Waals surface area contributed by atoms with Crippen molar-refractivity contribution in [3.05, 3.63) is 35.6 Å². The third-order valence-electron chi connectivity index (χ3n) is 6.19. The number of halogens is 1. The standard InChI is InChI=1S/C20H27FN2O/c21-18-9-3-5-15(11-18)12-22-10-2-1-6-17-13-23(14-19(17)22)20(24)16-7-4-8-16/h3,5,9,11,16-17,19H,1-2,4,6-8,10,12-14H2/t17-,19+/m0/s1. The molecular weight excluding hydrogens is 303 g/mol. The van der Waals surface area contributed by atoms with Crippen LogP contribution in [-0.2, 0) is 11.3 Å². The van der Waals surface area contributed by atoms with Crippen LogP contribution in [0.15, 0.2) is 24.3 Å². The first kappa shape index (κ1) is 16.1. The zero-order valence-corrected chi connectivity index (χ0v) is 14.3. The highest BCUT2D eigenvalue weighted by Crippen LogP contribution is 2.35. The zero-order chi connectivity index (χ0) is 16.5. The number of rotatable bonds is 3. The van der Waals surface area contributed by atoms with Crippen LogP contribution >= 0.6 is 0 Å². The highest BCUT2D eigenvalue weighted by molar-refractivity contribution is 5.80. The fourth-order valence-corrected chi connectivity index (χ4v) is 4.60. The molecule has 3 fully saturated rings. The Morgan fingerprint density at radius 2 is 2.00 bits per heavy atom. The monoisotopic (exact) mass is 330 g/mol. The van der Waals surface area contributed by atoms with Crippen LogP contribution in [0.4, 0.5) is 4.39 Å². The van der Waals surface area contributed by atoms with E-state index in [0.29, 0.717) is 23.8 Å². The molecule has 3 nitrogen and oxygen atoms in total. The molecule has 1 aromatic rings. The Morgan fingerprint density at radius 1 is 1.12 bits per heavy atom. The van der Waals surface area contributed by atoms with Crippen molar-refractivity contribution in [2.24, 2.45) is 11.8 Å². The Bertz CT molecular complexity index is 601. The van der Waals surface area contributed by atoms with Gasteiger partial charge in [0.1, 0.15) is 5.82 Å². The summed E-state index contributed by atoms with van der Waals surface area (Å²) in [5, 5.41) is 0. The SMILES string of the molecule is O=C(C1CCC1)N1C[C@@H]2CCCCN(Cc3cccc(F)c3)[C@@H]2C1. The van der Waals surface area contributed by atoms with Crippen LogP contribution in [0.2, 0.25) is 0 Å². The van der Waals surface area contributed by atoms with Gasteiger partial charge in [-0.25, -0.2) is 4.39 Å². The third-order valence-corrected chi connectivity index (χ3v) is 6.19. The van der Waals surface area contributed by atoms with Crippen molar-refractivity contribution in [3.63, 3.8) is 0 Å². The van der Waals surface area contributed by atoms with E-state index in [-0.39, 0.29) is 5.82 Å². The van der Waals surface area contributed by atoms with E-state index in [4.69, 9.17) is 0 Å². The van der Waals surface area contributed by atoms with Gasteiger partial charge in [0.05, 0.1) is 0 Å². The van der Waals surface area contributed by atoms with E-state index in [0.717, 1.165) is 44.6 Å². The van der Waals surface area contributed by atoms with Gasteiger partial charge in [-0.1, -0.05) is 25.0 Å². The lowest BCUT2D eigenvalue weighted by Gasteiger charge is -2.31. The molecule has 4 heteroatoms. The normalized spacial score (nSPS) is 28.3. The van der Waals surface area contributed by atoms with Crippen LogP contribution in [0.1, 0.15) is 44.1 Å². The van der Waals surface area contributed by atoms with Gasteiger partial charge in [0.15, 0.2) is 0 Å². The fraction of sp³-hybridized carbons (Fsp3) is 0.650. The average Bonchev–Trinajstić information content (AvgIpc) is 2.85. The molecule has 0 bridgehead atoms. The first-order chi connectivity index (χ1) is 11.7. The van der Waals surface area contributed by atoms with E-state index in [2.05, 4.69) is 9.80 Å². The second-order valence-corrected chi connectivity index (χ2v) is 7.79. The van der Waals surface area contributed by atoms with E-state index in [1.807, 2.05) is 6.07 Å². The predicted molar refractivity (Wildman–Crippen MR) is 91.9 cm³/mol. The maximum atomic E-state index is 13.5. The zero-order valence-electron chi connectivity index (χ0n) is 14.3. The van der Waals surface area contributed by atoms with Gasteiger partial charge in [-0.2, -0.15) is 0 Å². The van der Waals surface area contributed by atoms with Gasteiger partial charge in [0.25, 0.3) is 0 Å². The summed E-state index contributed by atoms with van der Waals surface area (Å²) in [6, 6.07) is 7.39. The molecule has 130 valence electrons. The topological polar surface area (TPSA) is 23.6 Å². The summed E-state index contributed by atoms with van der Waals surface area (Å²) in [7, 11) is 0. The minimum absolute atomic E-state index is 0.160. The summed E-state index contributed by atoms with van der Waals surface area (Å²) in [5.41, 5.74) is 1.04. The molecule has 1 aromatic carbocycles. The second-order valence-electron chi connectivity index (χ2n) is 7.79. The Balaban J connectivity index is 1.47. The lowest BCUT2D eigenvalue weighted by molar-refractivity contribution is -0.137. The van der Waals surface area contributed by atoms with Gasteiger partial charge >= 0.3 is 0 Å². The summed E-state index contributed by atoms with van der Waals surface area (Å²) in [6.07, 6.45) is 7.04. The van der Waals surface area contributed by atoms with E-state index >= 15 is 0 Å². The predicted octanol–water partition coefficient (Wildman–Crippen LogP) is 3.44. The molecule has 2 aliphatic heterocycles. The van der Waals surface area contributed by atoms with Crippen LogP contribution in [0.5, 0.6) is 0 Å². The summed E-state index contributed by atoms with van der Waals surface area (Å²) in [4.78, 5) is 17.3. The first-order valence-electron chi connectivity index (χ1n) is 9.48. The summed E-state index contributed by atoms with van der Waals surface area (Å²) in [5.74, 6) is 1.11. The molecule has 1 amide bonds. The number of nitrogens with zero attached hydrogens (tertiary/aromatic N) is 2. The molecular formula is C20H27FN2O. The van der Waals surface area contributed by atoms with Crippen molar-refractivity contribution in [3.8, 4) is 0 Å². The molecule has 4 rings (SSSR count). The van der Waals surface area contributed by atoms with Crippen LogP contribution in [0.3, 0.4) is 0 Å². The van der Waals surface area contributed by atoms with E-state index in [1.165, 1.54) is 31.7 Å². The van der Waals surface area contributed by atoms with E-state index in [9.17, 15) is 9.18 Å². The van der Waals surface area contributed by atoms with Crippen molar-refractivity contribution in [1.29, 1.82) is 0 Å². The quantitative estimate of drug-likeness (QED) is 0.847. The molecule has 0 spiro atoms. The van der Waals surface area contributed by atoms with Gasteiger partial charge < -0.3 is 4.90 Å². The molecule has 3 aliphatic rings. The summed E-state index contributed by atoms with van der Waals surface area (Å²) in [6.45, 7) is 3.66. The minimum atomic E-state index is -0.160. The summed E-state index contributed by atoms with van der Waals surface area (Å²) < 4.78 is 13.5. The maximum absolute atomic E-state index is 13.5. The number of amides is 1. The highest BCUT2D eigenvalue weighted by atomic mass is 19.1. The third kappa shape index (κ3) is 3.21. The molecule has 0 unspecified atom stereocenters. The van der Waals surface area contributed by atoms with Crippen molar-refractivity contribution >= 4 is 5.91 Å². The Morgan fingerprint density at radius 3 is 2.75 bits per heavy atom. The first-order valence-corrected chi connectivity index (χ1v) is 9.48. The molecule has 1 saturated carbocycles. The number of fused-ring (bicyclic) bond motifs is 1. The van der Waals surface area contributed by atoms with Crippen molar-refractivity contribution < 1.29 is 9.18 Å². The molecule has 0 radical (unpaired) electrons.